The molecule has 0 bridgehead atoms. The van der Waals surface area contributed by atoms with E-state index in [1.807, 2.05) is 0 Å². The van der Waals surface area contributed by atoms with Crippen LogP contribution in [0.5, 0.6) is 0 Å². The van der Waals surface area contributed by atoms with Gasteiger partial charge in [-0.15, -0.1) is 0 Å². The lowest BCUT2D eigenvalue weighted by Crippen LogP contribution is -2.15. The summed E-state index contributed by atoms with van der Waals surface area (Å²) in [5.41, 5.74) is 3.50. The van der Waals surface area contributed by atoms with Crippen LogP contribution in [-0.2, 0) is 11.2 Å². The maximum Gasteiger partial charge on any atom is 0.159 e. The van der Waals surface area contributed by atoms with Gasteiger partial charge in [-0.1, -0.05) is 30.3 Å². The topological polar surface area (TPSA) is 21.3 Å². The Morgan fingerprint density at radius 1 is 1.08 bits per heavy atom. The van der Waals surface area contributed by atoms with Gasteiger partial charge in [-0.2, -0.15) is 0 Å². The molecule has 0 amide bonds. The fourth-order valence-electron chi connectivity index (χ4n) is 3.50. The molecular weight excluding hydrogens is 339 g/mol. The molecule has 0 radical (unpaired) electrons. The van der Waals surface area contributed by atoms with E-state index in [9.17, 15) is 13.2 Å². The molecule has 2 nitrogen and oxygen atoms in total. The number of hydrogen-bond donors (Lipinski definition) is 1. The molecule has 0 saturated carbocycles. The molecule has 2 atom stereocenters. The zero-order valence-corrected chi connectivity index (χ0v) is 15.3. The number of ether oxygens (including phenoxy) is 1. The first-order chi connectivity index (χ1) is 12.7. The van der Waals surface area contributed by atoms with Crippen molar-refractivity contribution in [1.29, 1.82) is 0 Å². The van der Waals surface area contributed by atoms with Crippen molar-refractivity contribution in [2.45, 2.75) is 31.2 Å². The number of halogens is 3. The molecule has 0 spiro atoms. The van der Waals surface area contributed by atoms with Gasteiger partial charge in [0.1, 0.15) is 0 Å². The van der Waals surface area contributed by atoms with E-state index in [0.29, 0.717) is 7.18 Å². The second-order valence-electron chi connectivity index (χ2n) is 6.36. The van der Waals surface area contributed by atoms with Crippen LogP contribution in [0.2, 0.25) is 0 Å². The third-order valence-electron chi connectivity index (χ3n) is 4.77. The Bertz CT molecular complexity index is 693. The largest absolute Gasteiger partial charge is 0.385 e. The van der Waals surface area contributed by atoms with E-state index >= 15 is 0 Å². The lowest BCUT2D eigenvalue weighted by molar-refractivity contribution is 0.195. The highest BCUT2D eigenvalue weighted by atomic mass is 19.2. The van der Waals surface area contributed by atoms with Crippen molar-refractivity contribution in [2.24, 2.45) is 0 Å². The Hall–Kier alpha value is -1.85. The number of benzene rings is 2. The number of rotatable bonds is 6. The van der Waals surface area contributed by atoms with Crippen molar-refractivity contribution in [3.8, 4) is 0 Å². The summed E-state index contributed by atoms with van der Waals surface area (Å²) in [5.74, 6) is -1.35. The molecule has 3 rings (SSSR count). The fourth-order valence-corrected chi connectivity index (χ4v) is 3.50. The predicted molar refractivity (Wildman–Crippen MR) is 98.1 cm³/mol. The summed E-state index contributed by atoms with van der Waals surface area (Å²) in [6.45, 7) is 1.53. The Kier molecular flexibility index (Phi) is 8.13. The van der Waals surface area contributed by atoms with Gasteiger partial charge in [0.25, 0.3) is 0 Å². The predicted octanol–water partition coefficient (Wildman–Crippen LogP) is 4.95. The van der Waals surface area contributed by atoms with Crippen molar-refractivity contribution < 1.29 is 17.9 Å². The van der Waals surface area contributed by atoms with Crippen LogP contribution in [-0.4, -0.2) is 27.4 Å². The van der Waals surface area contributed by atoms with Gasteiger partial charge in [-0.25, -0.2) is 8.78 Å². The SMILES string of the molecule is CF.COCCCc1ccccc1C1CC(c2ccc(F)c(F)c2)CN1. The first-order valence-electron chi connectivity index (χ1n) is 8.82. The monoisotopic (exact) mass is 365 g/mol. The van der Waals surface area contributed by atoms with E-state index in [1.54, 1.807) is 13.2 Å². The van der Waals surface area contributed by atoms with Crippen LogP contribution in [0.15, 0.2) is 42.5 Å². The van der Waals surface area contributed by atoms with Gasteiger partial charge in [0.2, 0.25) is 0 Å². The average molecular weight is 365 g/mol. The second kappa shape index (κ2) is 10.3. The molecule has 1 fully saturated rings. The molecule has 1 saturated heterocycles. The molecule has 2 aromatic rings. The van der Waals surface area contributed by atoms with Gasteiger partial charge in [-0.3, -0.25) is 4.39 Å². The average Bonchev–Trinajstić information content (AvgIpc) is 3.16. The second-order valence-corrected chi connectivity index (χ2v) is 6.36. The minimum Gasteiger partial charge on any atom is -0.385 e. The molecule has 1 heterocycles. The highest BCUT2D eigenvalue weighted by molar-refractivity contribution is 5.33. The Balaban J connectivity index is 0.00000117. The van der Waals surface area contributed by atoms with Crippen LogP contribution in [0.1, 0.15) is 41.5 Å². The molecule has 1 aliphatic heterocycles. The zero-order chi connectivity index (χ0) is 18.9. The molecule has 5 heteroatoms. The van der Waals surface area contributed by atoms with Gasteiger partial charge in [0, 0.05) is 26.3 Å². The summed E-state index contributed by atoms with van der Waals surface area (Å²) in [6.07, 6.45) is 2.87. The van der Waals surface area contributed by atoms with Crippen molar-refractivity contribution in [3.63, 3.8) is 0 Å². The molecule has 2 aromatic carbocycles. The first-order valence-corrected chi connectivity index (χ1v) is 8.82. The number of alkyl halides is 1. The molecular formula is C21H26F3NO. The minimum absolute atomic E-state index is 0.206. The molecule has 142 valence electrons. The standard InChI is InChI=1S/C20H23F2NO.CH3F/c1-24-10-4-6-14-5-2-3-7-17(14)20-12-16(13-23-20)15-8-9-18(21)19(22)11-15;1-2/h2-3,5,7-9,11,16,20,23H,4,6,10,12-13H2,1H3;1H3. The van der Waals surface area contributed by atoms with E-state index < -0.39 is 11.6 Å². The van der Waals surface area contributed by atoms with Crippen LogP contribution in [0.3, 0.4) is 0 Å². The number of hydrogen-bond acceptors (Lipinski definition) is 2. The van der Waals surface area contributed by atoms with E-state index in [4.69, 9.17) is 4.74 Å². The lowest BCUT2D eigenvalue weighted by Gasteiger charge is -2.16. The summed E-state index contributed by atoms with van der Waals surface area (Å²) < 4.78 is 41.3. The number of methoxy groups -OCH3 is 1. The Morgan fingerprint density at radius 2 is 1.85 bits per heavy atom. The lowest BCUT2D eigenvalue weighted by atomic mass is 9.91. The van der Waals surface area contributed by atoms with Crippen LogP contribution < -0.4 is 5.32 Å². The molecule has 26 heavy (non-hydrogen) atoms. The Morgan fingerprint density at radius 3 is 2.58 bits per heavy atom. The molecule has 0 aromatic heterocycles. The normalized spacial score (nSPS) is 19.1. The molecule has 0 aliphatic carbocycles. The van der Waals surface area contributed by atoms with E-state index in [2.05, 4.69) is 29.6 Å². The maximum atomic E-state index is 13.5. The summed E-state index contributed by atoms with van der Waals surface area (Å²) in [5, 5.41) is 3.54. The van der Waals surface area contributed by atoms with Crippen LogP contribution in [0.25, 0.3) is 0 Å². The smallest absolute Gasteiger partial charge is 0.159 e. The van der Waals surface area contributed by atoms with Crippen LogP contribution in [0, 0.1) is 11.6 Å². The van der Waals surface area contributed by atoms with Crippen molar-refractivity contribution in [3.05, 3.63) is 70.8 Å². The summed E-state index contributed by atoms with van der Waals surface area (Å²) >= 11 is 0. The summed E-state index contributed by atoms with van der Waals surface area (Å²) in [4.78, 5) is 0. The van der Waals surface area contributed by atoms with Crippen molar-refractivity contribution in [2.75, 3.05) is 27.4 Å². The Labute approximate surface area is 153 Å². The third-order valence-corrected chi connectivity index (χ3v) is 4.77. The van der Waals surface area contributed by atoms with Gasteiger partial charge in [0.15, 0.2) is 11.6 Å². The minimum atomic E-state index is -0.787. The van der Waals surface area contributed by atoms with E-state index in [-0.39, 0.29) is 12.0 Å². The molecule has 2 unspecified atom stereocenters. The highest BCUT2D eigenvalue weighted by Crippen LogP contribution is 2.35. The van der Waals surface area contributed by atoms with Gasteiger partial charge in [0.05, 0.1) is 7.18 Å². The zero-order valence-electron chi connectivity index (χ0n) is 15.3. The van der Waals surface area contributed by atoms with E-state index in [1.165, 1.54) is 23.3 Å². The highest BCUT2D eigenvalue weighted by Gasteiger charge is 2.28. The number of nitrogens with one attached hydrogen (secondary N) is 1. The van der Waals surface area contributed by atoms with E-state index in [0.717, 1.165) is 38.0 Å². The summed E-state index contributed by atoms with van der Waals surface area (Å²) in [7, 11) is 2.22. The molecule has 1 N–H and O–H groups in total. The quantitative estimate of drug-likeness (QED) is 0.732. The molecule has 1 aliphatic rings. The van der Waals surface area contributed by atoms with Gasteiger partial charge in [-0.05, 0) is 54.0 Å². The van der Waals surface area contributed by atoms with Crippen LogP contribution in [0.4, 0.5) is 13.2 Å². The van der Waals surface area contributed by atoms with Crippen LogP contribution >= 0.6 is 0 Å². The first kappa shape index (κ1) is 20.5. The van der Waals surface area contributed by atoms with Crippen molar-refractivity contribution in [1.82, 2.24) is 5.32 Å². The third kappa shape index (κ3) is 5.08. The van der Waals surface area contributed by atoms with Gasteiger partial charge >= 0.3 is 0 Å². The van der Waals surface area contributed by atoms with Gasteiger partial charge < -0.3 is 10.1 Å². The fraction of sp³-hybridized carbons (Fsp3) is 0.429. The summed E-state index contributed by atoms with van der Waals surface area (Å²) in [6, 6.07) is 12.9. The van der Waals surface area contributed by atoms with Crippen molar-refractivity contribution >= 4 is 0 Å². The maximum absolute atomic E-state index is 13.5. The number of aryl methyl sites for hydroxylation is 1.